The van der Waals surface area contributed by atoms with Crippen molar-refractivity contribution < 1.29 is 19.1 Å². The topological polar surface area (TPSA) is 76.7 Å². The van der Waals surface area contributed by atoms with Crippen LogP contribution in [0.4, 0.5) is 5.69 Å². The molecule has 0 aromatic heterocycles. The number of ether oxygens (including phenoxy) is 2. The third-order valence-electron chi connectivity index (χ3n) is 4.23. The Kier molecular flexibility index (Phi) is 5.13. The molecule has 0 unspecified atom stereocenters. The summed E-state index contributed by atoms with van der Waals surface area (Å²) in [7, 11) is 0. The number of hydrogen-bond acceptors (Lipinski definition) is 5. The van der Waals surface area contributed by atoms with Gasteiger partial charge in [0.25, 0.3) is 0 Å². The summed E-state index contributed by atoms with van der Waals surface area (Å²) in [6.45, 7) is 0.683. The normalized spacial score (nSPS) is 20.4. The number of carbonyl (C=O) groups excluding carboxylic acids is 2. The molecule has 2 aliphatic heterocycles. The minimum atomic E-state index is -0.483. The van der Waals surface area contributed by atoms with Crippen molar-refractivity contribution in [1.29, 1.82) is 0 Å². The molecule has 2 aliphatic rings. The van der Waals surface area contributed by atoms with Gasteiger partial charge >= 0.3 is 0 Å². The van der Waals surface area contributed by atoms with E-state index in [-0.39, 0.29) is 24.3 Å². The highest BCUT2D eigenvalue weighted by atomic mass is 35.5. The molecule has 2 N–H and O–H groups in total. The zero-order valence-corrected chi connectivity index (χ0v) is 15.8. The summed E-state index contributed by atoms with van der Waals surface area (Å²) >= 11 is 7.31. The molecule has 2 heterocycles. The number of anilines is 1. The van der Waals surface area contributed by atoms with Gasteiger partial charge in [0.2, 0.25) is 11.8 Å². The number of benzene rings is 2. The zero-order chi connectivity index (χ0) is 18.8. The largest absolute Gasteiger partial charge is 0.486 e. The van der Waals surface area contributed by atoms with Gasteiger partial charge < -0.3 is 20.1 Å². The third-order valence-corrected chi connectivity index (χ3v) is 5.74. The summed E-state index contributed by atoms with van der Waals surface area (Å²) in [5.74, 6) is 0.966. The van der Waals surface area contributed by atoms with Gasteiger partial charge in [0.05, 0.1) is 17.5 Å². The van der Waals surface area contributed by atoms with Gasteiger partial charge in [0.1, 0.15) is 12.7 Å². The molecule has 2 aromatic rings. The number of nitrogens with one attached hydrogen (secondary N) is 2. The number of para-hydroxylation sites is 2. The number of fused-ring (bicyclic) bond motifs is 2. The fourth-order valence-corrected chi connectivity index (χ4v) is 4.15. The van der Waals surface area contributed by atoms with Gasteiger partial charge in [-0.05, 0) is 30.3 Å². The van der Waals surface area contributed by atoms with Crippen LogP contribution in [0.15, 0.2) is 47.4 Å². The standard InChI is InChI=1S/C19H17ClN2O4S/c20-11-5-6-16-13(7-11)22-19(24)17(27-16)8-18(23)21-9-12-10-25-14-3-1-2-4-15(14)26-12/h1-7,12,17H,8-10H2,(H,21,23)(H,22,24)/t12-,17+/m1/s1. The molecule has 6 nitrogen and oxygen atoms in total. The van der Waals surface area contributed by atoms with Gasteiger partial charge in [-0.15, -0.1) is 11.8 Å². The zero-order valence-electron chi connectivity index (χ0n) is 14.2. The maximum atomic E-state index is 12.3. The van der Waals surface area contributed by atoms with E-state index in [1.807, 2.05) is 30.3 Å². The first-order valence-corrected chi connectivity index (χ1v) is 9.76. The van der Waals surface area contributed by atoms with E-state index in [0.717, 1.165) is 4.90 Å². The van der Waals surface area contributed by atoms with Crippen molar-refractivity contribution in [1.82, 2.24) is 5.32 Å². The van der Waals surface area contributed by atoms with Gasteiger partial charge in [0.15, 0.2) is 11.5 Å². The third kappa shape index (κ3) is 4.14. The molecule has 2 amide bonds. The first-order valence-electron chi connectivity index (χ1n) is 8.51. The molecule has 0 radical (unpaired) electrons. The molecule has 8 heteroatoms. The Balaban J connectivity index is 1.30. The predicted octanol–water partition coefficient (Wildman–Crippen LogP) is 3.10. The van der Waals surface area contributed by atoms with Crippen LogP contribution in [0.1, 0.15) is 6.42 Å². The fraction of sp³-hybridized carbons (Fsp3) is 0.263. The number of thioether (sulfide) groups is 1. The van der Waals surface area contributed by atoms with E-state index in [1.54, 1.807) is 12.1 Å². The number of rotatable bonds is 4. The Hall–Kier alpha value is -2.38. The second-order valence-corrected chi connectivity index (χ2v) is 7.92. The summed E-state index contributed by atoms with van der Waals surface area (Å²) in [5, 5.41) is 5.70. The average Bonchev–Trinajstić information content (AvgIpc) is 2.67. The second-order valence-electron chi connectivity index (χ2n) is 6.24. The highest BCUT2D eigenvalue weighted by Crippen LogP contribution is 2.38. The van der Waals surface area contributed by atoms with Gasteiger partial charge in [-0.2, -0.15) is 0 Å². The van der Waals surface area contributed by atoms with Gasteiger partial charge in [-0.3, -0.25) is 9.59 Å². The lowest BCUT2D eigenvalue weighted by Crippen LogP contribution is -2.42. The Morgan fingerprint density at radius 1 is 1.26 bits per heavy atom. The summed E-state index contributed by atoms with van der Waals surface area (Å²) in [6.07, 6.45) is -0.178. The molecule has 0 saturated carbocycles. The number of carbonyl (C=O) groups is 2. The lowest BCUT2D eigenvalue weighted by molar-refractivity contribution is -0.124. The molecule has 0 bridgehead atoms. The lowest BCUT2D eigenvalue weighted by Gasteiger charge is -2.27. The van der Waals surface area contributed by atoms with Crippen LogP contribution < -0.4 is 20.1 Å². The van der Waals surface area contributed by atoms with Crippen molar-refractivity contribution >= 4 is 40.9 Å². The lowest BCUT2D eigenvalue weighted by atomic mass is 10.2. The van der Waals surface area contributed by atoms with Crippen LogP contribution >= 0.6 is 23.4 Å². The van der Waals surface area contributed by atoms with E-state index >= 15 is 0 Å². The van der Waals surface area contributed by atoms with E-state index in [1.165, 1.54) is 11.8 Å². The van der Waals surface area contributed by atoms with Crippen LogP contribution in [0.3, 0.4) is 0 Å². The van der Waals surface area contributed by atoms with Crippen molar-refractivity contribution in [2.45, 2.75) is 22.7 Å². The van der Waals surface area contributed by atoms with Crippen molar-refractivity contribution in [3.05, 3.63) is 47.5 Å². The SMILES string of the molecule is O=C(C[C@@H]1Sc2ccc(Cl)cc2NC1=O)NC[C@@H]1COc2ccccc2O1. The predicted molar refractivity (Wildman–Crippen MR) is 104 cm³/mol. The van der Waals surface area contributed by atoms with E-state index in [9.17, 15) is 9.59 Å². The molecule has 0 saturated heterocycles. The van der Waals surface area contributed by atoms with Crippen molar-refractivity contribution in [2.75, 3.05) is 18.5 Å². The van der Waals surface area contributed by atoms with Gasteiger partial charge in [-0.25, -0.2) is 0 Å². The molecule has 2 atom stereocenters. The van der Waals surface area contributed by atoms with Crippen LogP contribution in [-0.4, -0.2) is 36.3 Å². The Morgan fingerprint density at radius 3 is 2.93 bits per heavy atom. The molecule has 2 aromatic carbocycles. The van der Waals surface area contributed by atoms with Crippen molar-refractivity contribution in [3.8, 4) is 11.5 Å². The molecule has 4 rings (SSSR count). The van der Waals surface area contributed by atoms with Gasteiger partial charge in [-0.1, -0.05) is 23.7 Å². The molecule has 27 heavy (non-hydrogen) atoms. The first-order chi connectivity index (χ1) is 13.1. The van der Waals surface area contributed by atoms with E-state index < -0.39 is 5.25 Å². The molecular formula is C19H17ClN2O4S. The van der Waals surface area contributed by atoms with Crippen LogP contribution in [0.25, 0.3) is 0 Å². The smallest absolute Gasteiger partial charge is 0.238 e. The van der Waals surface area contributed by atoms with Crippen LogP contribution in [-0.2, 0) is 9.59 Å². The van der Waals surface area contributed by atoms with Crippen LogP contribution in [0.5, 0.6) is 11.5 Å². The molecule has 0 spiro atoms. The average molecular weight is 405 g/mol. The maximum absolute atomic E-state index is 12.3. The minimum Gasteiger partial charge on any atom is -0.486 e. The minimum absolute atomic E-state index is 0.0860. The number of halogens is 1. The number of hydrogen-bond donors (Lipinski definition) is 2. The summed E-state index contributed by atoms with van der Waals surface area (Å²) in [6, 6.07) is 12.7. The fourth-order valence-electron chi connectivity index (χ4n) is 2.89. The van der Waals surface area contributed by atoms with E-state index in [2.05, 4.69) is 10.6 Å². The highest BCUT2D eigenvalue weighted by molar-refractivity contribution is 8.01. The maximum Gasteiger partial charge on any atom is 0.238 e. The molecule has 0 fully saturated rings. The Morgan fingerprint density at radius 2 is 2.07 bits per heavy atom. The Bertz CT molecular complexity index is 892. The molecular weight excluding hydrogens is 388 g/mol. The quantitative estimate of drug-likeness (QED) is 0.818. The summed E-state index contributed by atoms with van der Waals surface area (Å²) in [5.41, 5.74) is 0.681. The van der Waals surface area contributed by atoms with E-state index in [4.69, 9.17) is 21.1 Å². The van der Waals surface area contributed by atoms with Gasteiger partial charge in [0, 0.05) is 16.3 Å². The van der Waals surface area contributed by atoms with Crippen molar-refractivity contribution in [2.24, 2.45) is 0 Å². The van der Waals surface area contributed by atoms with Crippen molar-refractivity contribution in [3.63, 3.8) is 0 Å². The first kappa shape index (κ1) is 18.0. The summed E-state index contributed by atoms with van der Waals surface area (Å²) < 4.78 is 11.4. The number of amides is 2. The van der Waals surface area contributed by atoms with E-state index in [0.29, 0.717) is 35.4 Å². The highest BCUT2D eigenvalue weighted by Gasteiger charge is 2.29. The monoisotopic (exact) mass is 404 g/mol. The molecule has 0 aliphatic carbocycles. The second kappa shape index (κ2) is 7.70. The summed E-state index contributed by atoms with van der Waals surface area (Å²) in [4.78, 5) is 25.4. The Labute approximate surface area is 165 Å². The van der Waals surface area contributed by atoms with Crippen LogP contribution in [0, 0.1) is 0 Å². The van der Waals surface area contributed by atoms with Crippen LogP contribution in [0.2, 0.25) is 5.02 Å². The molecule has 140 valence electrons.